The smallest absolute Gasteiger partial charge is 0.0207 e. The zero-order chi connectivity index (χ0) is 11.1. The molecular formula is C13H26N2. The minimum absolute atomic E-state index is 0.628. The van der Waals surface area contributed by atoms with Gasteiger partial charge in [-0.2, -0.15) is 0 Å². The van der Waals surface area contributed by atoms with Crippen LogP contribution in [0, 0.1) is 11.3 Å². The van der Waals surface area contributed by atoms with Gasteiger partial charge in [-0.3, -0.25) is 4.90 Å². The van der Waals surface area contributed by atoms with Crippen molar-refractivity contribution in [1.82, 2.24) is 10.2 Å². The fourth-order valence-electron chi connectivity index (χ4n) is 2.66. The lowest BCUT2D eigenvalue weighted by molar-refractivity contribution is 0.267. The Morgan fingerprint density at radius 2 is 2.07 bits per heavy atom. The second kappa shape index (κ2) is 4.06. The average molecular weight is 210 g/mol. The summed E-state index contributed by atoms with van der Waals surface area (Å²) in [4.78, 5) is 2.58. The molecule has 1 aliphatic heterocycles. The molecule has 1 heterocycles. The van der Waals surface area contributed by atoms with Gasteiger partial charge in [0.05, 0.1) is 0 Å². The molecule has 0 spiro atoms. The zero-order valence-electron chi connectivity index (χ0n) is 10.7. The van der Waals surface area contributed by atoms with Crippen molar-refractivity contribution in [2.45, 2.75) is 52.6 Å². The summed E-state index contributed by atoms with van der Waals surface area (Å²) in [5, 5.41) is 3.74. The third kappa shape index (κ3) is 2.73. The maximum absolute atomic E-state index is 3.74. The normalized spacial score (nSPS) is 35.0. The molecule has 0 aromatic heterocycles. The highest BCUT2D eigenvalue weighted by molar-refractivity contribution is 4.97. The number of nitrogens with zero attached hydrogens (tertiary/aromatic N) is 1. The van der Waals surface area contributed by atoms with Gasteiger partial charge in [0.15, 0.2) is 0 Å². The molecule has 0 bridgehead atoms. The lowest BCUT2D eigenvalue weighted by Gasteiger charge is -2.20. The Bertz CT molecular complexity index is 223. The van der Waals surface area contributed by atoms with Crippen molar-refractivity contribution < 1.29 is 0 Å². The van der Waals surface area contributed by atoms with E-state index in [2.05, 4.69) is 37.9 Å². The largest absolute Gasteiger partial charge is 0.312 e. The van der Waals surface area contributed by atoms with E-state index in [0.29, 0.717) is 11.5 Å². The molecule has 0 amide bonds. The van der Waals surface area contributed by atoms with Crippen LogP contribution in [0.4, 0.5) is 0 Å². The predicted molar refractivity (Wildman–Crippen MR) is 65.0 cm³/mol. The number of nitrogens with one attached hydrogen (secondary N) is 1. The molecule has 1 aliphatic carbocycles. The zero-order valence-corrected chi connectivity index (χ0v) is 10.7. The first-order chi connectivity index (χ1) is 6.99. The molecule has 2 aliphatic rings. The van der Waals surface area contributed by atoms with Crippen LogP contribution in [0.3, 0.4) is 0 Å². The molecule has 88 valence electrons. The van der Waals surface area contributed by atoms with Crippen LogP contribution in [0.1, 0.15) is 40.5 Å². The van der Waals surface area contributed by atoms with E-state index < -0.39 is 0 Å². The molecule has 1 N–H and O–H groups in total. The molecule has 2 atom stereocenters. The maximum atomic E-state index is 3.74. The molecule has 0 radical (unpaired) electrons. The molecule has 1 saturated heterocycles. The molecule has 0 aromatic rings. The van der Waals surface area contributed by atoms with Crippen LogP contribution in [-0.2, 0) is 0 Å². The predicted octanol–water partition coefficient (Wildman–Crippen LogP) is 2.10. The van der Waals surface area contributed by atoms with Gasteiger partial charge in [0.2, 0.25) is 0 Å². The summed E-state index contributed by atoms with van der Waals surface area (Å²) in [6, 6.07) is 1.47. The number of hydrogen-bond donors (Lipinski definition) is 1. The van der Waals surface area contributed by atoms with E-state index >= 15 is 0 Å². The first-order valence-electron chi connectivity index (χ1n) is 6.46. The lowest BCUT2D eigenvalue weighted by Crippen LogP contribution is -2.36. The van der Waals surface area contributed by atoms with E-state index in [9.17, 15) is 0 Å². The molecule has 1 saturated carbocycles. The van der Waals surface area contributed by atoms with Gasteiger partial charge >= 0.3 is 0 Å². The molecule has 2 unspecified atom stereocenters. The number of hydrogen-bond acceptors (Lipinski definition) is 2. The molecule has 2 nitrogen and oxygen atoms in total. The van der Waals surface area contributed by atoms with Crippen molar-refractivity contribution in [1.29, 1.82) is 0 Å². The van der Waals surface area contributed by atoms with Crippen LogP contribution in [0.15, 0.2) is 0 Å². The second-order valence-corrected chi connectivity index (χ2v) is 6.37. The first kappa shape index (κ1) is 11.4. The summed E-state index contributed by atoms with van der Waals surface area (Å²) in [6.07, 6.45) is 2.76. The third-order valence-electron chi connectivity index (χ3n) is 4.32. The fraction of sp³-hybridized carbons (Fsp3) is 1.00. The molecule has 2 rings (SSSR count). The van der Waals surface area contributed by atoms with Crippen LogP contribution in [-0.4, -0.2) is 36.6 Å². The lowest BCUT2D eigenvalue weighted by atomic mass is 10.1. The highest BCUT2D eigenvalue weighted by Gasteiger charge is 2.45. The average Bonchev–Trinajstić information content (AvgIpc) is 2.63. The Morgan fingerprint density at radius 1 is 1.40 bits per heavy atom. The third-order valence-corrected chi connectivity index (χ3v) is 4.32. The van der Waals surface area contributed by atoms with Crippen LogP contribution < -0.4 is 5.32 Å². The van der Waals surface area contributed by atoms with Gasteiger partial charge in [-0.25, -0.2) is 0 Å². The summed E-state index contributed by atoms with van der Waals surface area (Å²) in [7, 11) is 0. The van der Waals surface area contributed by atoms with Crippen LogP contribution in [0.2, 0.25) is 0 Å². The van der Waals surface area contributed by atoms with Crippen LogP contribution in [0.25, 0.3) is 0 Å². The Hall–Kier alpha value is -0.0800. The van der Waals surface area contributed by atoms with Gasteiger partial charge < -0.3 is 5.32 Å². The number of rotatable bonds is 4. The Balaban J connectivity index is 1.65. The maximum Gasteiger partial charge on any atom is 0.0207 e. The van der Waals surface area contributed by atoms with Gasteiger partial charge in [0.1, 0.15) is 0 Å². The summed E-state index contributed by atoms with van der Waals surface area (Å²) in [5.74, 6) is 0.936. The van der Waals surface area contributed by atoms with E-state index in [4.69, 9.17) is 0 Å². The summed E-state index contributed by atoms with van der Waals surface area (Å²) < 4.78 is 0. The highest BCUT2D eigenvalue weighted by Crippen LogP contribution is 2.51. The van der Waals surface area contributed by atoms with E-state index in [1.807, 2.05) is 0 Å². The van der Waals surface area contributed by atoms with Gasteiger partial charge in [-0.05, 0) is 51.1 Å². The quantitative estimate of drug-likeness (QED) is 0.764. The van der Waals surface area contributed by atoms with Crippen molar-refractivity contribution >= 4 is 0 Å². The highest BCUT2D eigenvalue weighted by atomic mass is 15.2. The van der Waals surface area contributed by atoms with Crippen molar-refractivity contribution in [3.05, 3.63) is 0 Å². The van der Waals surface area contributed by atoms with Gasteiger partial charge in [0, 0.05) is 18.6 Å². The van der Waals surface area contributed by atoms with E-state index in [-0.39, 0.29) is 0 Å². The van der Waals surface area contributed by atoms with Crippen LogP contribution in [0.5, 0.6) is 0 Å². The summed E-state index contributed by atoms with van der Waals surface area (Å²) in [6.45, 7) is 13.1. The molecular weight excluding hydrogens is 184 g/mol. The van der Waals surface area contributed by atoms with Gasteiger partial charge in [-0.1, -0.05) is 13.8 Å². The van der Waals surface area contributed by atoms with E-state index in [1.54, 1.807) is 0 Å². The van der Waals surface area contributed by atoms with Crippen molar-refractivity contribution in [2.75, 3.05) is 19.6 Å². The fourth-order valence-corrected chi connectivity index (χ4v) is 2.66. The minimum Gasteiger partial charge on any atom is -0.312 e. The Kier molecular flexibility index (Phi) is 3.09. The van der Waals surface area contributed by atoms with Crippen molar-refractivity contribution in [3.8, 4) is 0 Å². The Labute approximate surface area is 94.4 Å². The van der Waals surface area contributed by atoms with E-state index in [1.165, 1.54) is 32.5 Å². The molecule has 15 heavy (non-hydrogen) atoms. The van der Waals surface area contributed by atoms with Crippen molar-refractivity contribution in [2.24, 2.45) is 11.3 Å². The first-order valence-corrected chi connectivity index (χ1v) is 6.46. The molecule has 2 heteroatoms. The SMILES string of the molecule is CC(C)N1CCC(NCC2CC2(C)C)C1. The summed E-state index contributed by atoms with van der Waals surface area (Å²) in [5.41, 5.74) is 0.628. The second-order valence-electron chi connectivity index (χ2n) is 6.37. The standard InChI is InChI=1S/C13H26N2/c1-10(2)15-6-5-12(9-15)14-8-11-7-13(11,3)4/h10-12,14H,5-9H2,1-4H3. The van der Waals surface area contributed by atoms with Gasteiger partial charge in [0.25, 0.3) is 0 Å². The molecule has 2 fully saturated rings. The number of likely N-dealkylation sites (tertiary alicyclic amines) is 1. The summed E-state index contributed by atoms with van der Waals surface area (Å²) >= 11 is 0. The monoisotopic (exact) mass is 210 g/mol. The van der Waals surface area contributed by atoms with E-state index in [0.717, 1.165) is 12.0 Å². The topological polar surface area (TPSA) is 15.3 Å². The van der Waals surface area contributed by atoms with Crippen LogP contribution >= 0.6 is 0 Å². The molecule has 0 aromatic carbocycles. The van der Waals surface area contributed by atoms with Crippen molar-refractivity contribution in [3.63, 3.8) is 0 Å². The van der Waals surface area contributed by atoms with Gasteiger partial charge in [-0.15, -0.1) is 0 Å². The minimum atomic E-state index is 0.628. The Morgan fingerprint density at radius 3 is 2.53 bits per heavy atom.